The molecule has 0 radical (unpaired) electrons. The summed E-state index contributed by atoms with van der Waals surface area (Å²) >= 11 is 0. The zero-order valence-corrected chi connectivity index (χ0v) is 13.0. The van der Waals surface area contributed by atoms with Crippen LogP contribution in [0, 0.1) is 19.8 Å². The molecule has 0 saturated carbocycles. The van der Waals surface area contributed by atoms with Crippen LogP contribution in [0.4, 0.5) is 5.69 Å². The van der Waals surface area contributed by atoms with Gasteiger partial charge in [0.25, 0.3) is 0 Å². The molecule has 0 bridgehead atoms. The molecular weight excluding hydrogens is 232 g/mol. The Balaban J connectivity index is 2.18. The van der Waals surface area contributed by atoms with Crippen LogP contribution in [0.1, 0.15) is 38.3 Å². The van der Waals surface area contributed by atoms with Gasteiger partial charge in [-0.1, -0.05) is 26.3 Å². The third kappa shape index (κ3) is 3.11. The number of piperazine rings is 1. The first-order valence-corrected chi connectivity index (χ1v) is 7.60. The number of hydrogen-bond acceptors (Lipinski definition) is 2. The normalized spacial score (nSPS) is 25.4. The molecule has 1 fully saturated rings. The molecule has 0 aliphatic carbocycles. The number of rotatable bonds is 3. The van der Waals surface area contributed by atoms with Crippen LogP contribution >= 0.6 is 0 Å². The lowest BCUT2D eigenvalue weighted by molar-refractivity contribution is 0.316. The molecule has 1 saturated heterocycles. The molecule has 1 N–H and O–H groups in total. The van der Waals surface area contributed by atoms with Crippen LogP contribution in [0.2, 0.25) is 0 Å². The first-order valence-electron chi connectivity index (χ1n) is 7.60. The Morgan fingerprint density at radius 3 is 2.68 bits per heavy atom. The number of nitrogens with zero attached hydrogens (tertiary/aromatic N) is 1. The lowest BCUT2D eigenvalue weighted by atomic mass is 9.95. The Bertz CT molecular complexity index is 427. The molecule has 0 amide bonds. The minimum absolute atomic E-state index is 0.572. The highest BCUT2D eigenvalue weighted by Crippen LogP contribution is 2.24. The van der Waals surface area contributed by atoms with Gasteiger partial charge in [-0.25, -0.2) is 0 Å². The predicted octanol–water partition coefficient (Wildman–Crippen LogP) is 3.52. The zero-order valence-electron chi connectivity index (χ0n) is 13.0. The summed E-state index contributed by atoms with van der Waals surface area (Å²) in [5, 5.41) is 3.70. The van der Waals surface area contributed by atoms with Crippen LogP contribution in [0.5, 0.6) is 0 Å². The maximum absolute atomic E-state index is 3.70. The van der Waals surface area contributed by atoms with E-state index in [0.29, 0.717) is 12.1 Å². The lowest BCUT2D eigenvalue weighted by Crippen LogP contribution is -2.57. The van der Waals surface area contributed by atoms with E-state index in [1.165, 1.54) is 23.2 Å². The van der Waals surface area contributed by atoms with Crippen molar-refractivity contribution in [1.29, 1.82) is 0 Å². The summed E-state index contributed by atoms with van der Waals surface area (Å²) in [6, 6.07) is 8.05. The Morgan fingerprint density at radius 1 is 1.32 bits per heavy atom. The van der Waals surface area contributed by atoms with Crippen molar-refractivity contribution in [3.05, 3.63) is 29.3 Å². The number of nitrogens with one attached hydrogen (secondary N) is 1. The van der Waals surface area contributed by atoms with E-state index >= 15 is 0 Å². The molecule has 1 heterocycles. The Hall–Kier alpha value is -1.02. The van der Waals surface area contributed by atoms with Crippen molar-refractivity contribution in [2.75, 3.05) is 18.0 Å². The van der Waals surface area contributed by atoms with Gasteiger partial charge in [0.2, 0.25) is 0 Å². The van der Waals surface area contributed by atoms with Crippen molar-refractivity contribution in [1.82, 2.24) is 5.32 Å². The molecule has 2 nitrogen and oxygen atoms in total. The molecule has 3 atom stereocenters. The molecule has 0 spiro atoms. The van der Waals surface area contributed by atoms with Crippen molar-refractivity contribution in [2.24, 2.45) is 5.92 Å². The van der Waals surface area contributed by atoms with Crippen molar-refractivity contribution in [3.63, 3.8) is 0 Å². The quantitative estimate of drug-likeness (QED) is 0.894. The van der Waals surface area contributed by atoms with Gasteiger partial charge in [-0.3, -0.25) is 0 Å². The molecule has 1 aromatic rings. The summed E-state index contributed by atoms with van der Waals surface area (Å²) in [6.07, 6.45) is 1.24. The Morgan fingerprint density at radius 2 is 2.05 bits per heavy atom. The average molecular weight is 260 g/mol. The molecule has 3 unspecified atom stereocenters. The molecule has 1 aliphatic heterocycles. The monoisotopic (exact) mass is 260 g/mol. The molecular formula is C17H28N2. The van der Waals surface area contributed by atoms with Crippen molar-refractivity contribution in [2.45, 2.75) is 53.1 Å². The smallest absolute Gasteiger partial charge is 0.0387 e. The SMILES string of the molecule is CCC(C)C1CN(c2ccc(C)c(C)c2)C(C)CN1. The molecule has 2 heteroatoms. The molecule has 1 aromatic carbocycles. The molecule has 0 aromatic heterocycles. The van der Waals surface area contributed by atoms with Crippen LogP contribution in [0.15, 0.2) is 18.2 Å². The van der Waals surface area contributed by atoms with Gasteiger partial charge in [0.05, 0.1) is 0 Å². The van der Waals surface area contributed by atoms with Crippen LogP contribution in [-0.4, -0.2) is 25.2 Å². The zero-order chi connectivity index (χ0) is 14.0. The Labute approximate surface area is 118 Å². The molecule has 106 valence electrons. The second-order valence-corrected chi connectivity index (χ2v) is 6.17. The maximum atomic E-state index is 3.70. The van der Waals surface area contributed by atoms with E-state index in [2.05, 4.69) is 63.0 Å². The van der Waals surface area contributed by atoms with E-state index < -0.39 is 0 Å². The fraction of sp³-hybridized carbons (Fsp3) is 0.647. The number of benzene rings is 1. The van der Waals surface area contributed by atoms with E-state index in [-0.39, 0.29) is 0 Å². The summed E-state index contributed by atoms with van der Waals surface area (Å²) in [6.45, 7) is 13.5. The van der Waals surface area contributed by atoms with Crippen LogP contribution < -0.4 is 10.2 Å². The van der Waals surface area contributed by atoms with E-state index in [1.54, 1.807) is 0 Å². The van der Waals surface area contributed by atoms with Gasteiger partial charge in [0.15, 0.2) is 0 Å². The van der Waals surface area contributed by atoms with Gasteiger partial charge < -0.3 is 10.2 Å². The Kier molecular flexibility index (Phi) is 4.51. The van der Waals surface area contributed by atoms with Gasteiger partial charge in [-0.2, -0.15) is 0 Å². The standard InChI is InChI=1S/C17H28N2/c1-6-12(2)17-11-19(15(5)10-18-17)16-8-7-13(3)14(4)9-16/h7-9,12,15,17-18H,6,10-11H2,1-5H3. The van der Waals surface area contributed by atoms with Gasteiger partial charge in [0.1, 0.15) is 0 Å². The third-order valence-electron chi connectivity index (χ3n) is 4.75. The third-order valence-corrected chi connectivity index (χ3v) is 4.75. The van der Waals surface area contributed by atoms with Gasteiger partial charge >= 0.3 is 0 Å². The topological polar surface area (TPSA) is 15.3 Å². The average Bonchev–Trinajstić information content (AvgIpc) is 2.41. The molecule has 19 heavy (non-hydrogen) atoms. The minimum Gasteiger partial charge on any atom is -0.366 e. The summed E-state index contributed by atoms with van der Waals surface area (Å²) in [5.74, 6) is 0.738. The number of anilines is 1. The molecule has 2 rings (SSSR count). The largest absolute Gasteiger partial charge is 0.366 e. The fourth-order valence-corrected chi connectivity index (χ4v) is 2.82. The van der Waals surface area contributed by atoms with Gasteiger partial charge in [-0.05, 0) is 49.9 Å². The number of hydrogen-bond donors (Lipinski definition) is 1. The second kappa shape index (κ2) is 5.96. The van der Waals surface area contributed by atoms with E-state index in [9.17, 15) is 0 Å². The fourth-order valence-electron chi connectivity index (χ4n) is 2.82. The van der Waals surface area contributed by atoms with Gasteiger partial charge in [-0.15, -0.1) is 0 Å². The molecule has 1 aliphatic rings. The van der Waals surface area contributed by atoms with Gasteiger partial charge in [0, 0.05) is 30.9 Å². The summed E-state index contributed by atoms with van der Waals surface area (Å²) < 4.78 is 0. The first kappa shape index (κ1) is 14.4. The summed E-state index contributed by atoms with van der Waals surface area (Å²) in [4.78, 5) is 2.57. The number of aryl methyl sites for hydroxylation is 2. The predicted molar refractivity (Wildman–Crippen MR) is 84.0 cm³/mol. The highest BCUT2D eigenvalue weighted by Gasteiger charge is 2.27. The van der Waals surface area contributed by atoms with Crippen LogP contribution in [-0.2, 0) is 0 Å². The van der Waals surface area contributed by atoms with E-state index in [0.717, 1.165) is 19.0 Å². The van der Waals surface area contributed by atoms with E-state index in [1.807, 2.05) is 0 Å². The van der Waals surface area contributed by atoms with E-state index in [4.69, 9.17) is 0 Å². The van der Waals surface area contributed by atoms with Crippen molar-refractivity contribution in [3.8, 4) is 0 Å². The maximum Gasteiger partial charge on any atom is 0.0387 e. The summed E-state index contributed by atoms with van der Waals surface area (Å²) in [5.41, 5.74) is 4.15. The highest BCUT2D eigenvalue weighted by atomic mass is 15.2. The highest BCUT2D eigenvalue weighted by molar-refractivity contribution is 5.52. The van der Waals surface area contributed by atoms with Crippen LogP contribution in [0.25, 0.3) is 0 Å². The van der Waals surface area contributed by atoms with Crippen molar-refractivity contribution >= 4 is 5.69 Å². The second-order valence-electron chi connectivity index (χ2n) is 6.17. The lowest BCUT2D eigenvalue weighted by Gasteiger charge is -2.42. The first-order chi connectivity index (χ1) is 9.02. The van der Waals surface area contributed by atoms with Crippen molar-refractivity contribution < 1.29 is 0 Å². The van der Waals surface area contributed by atoms with Crippen LogP contribution in [0.3, 0.4) is 0 Å². The summed E-state index contributed by atoms with van der Waals surface area (Å²) in [7, 11) is 0. The minimum atomic E-state index is 0.572.